The highest BCUT2D eigenvalue weighted by atomic mass is 16.6. The lowest BCUT2D eigenvalue weighted by Gasteiger charge is -2.30. The van der Waals surface area contributed by atoms with Gasteiger partial charge in [0.2, 0.25) is 5.91 Å². The van der Waals surface area contributed by atoms with Gasteiger partial charge in [0.1, 0.15) is 13.2 Å². The van der Waals surface area contributed by atoms with Crippen LogP contribution in [-0.2, 0) is 14.9 Å². The molecule has 6 nitrogen and oxygen atoms in total. The summed E-state index contributed by atoms with van der Waals surface area (Å²) in [6.07, 6.45) is 1.69. The molecule has 0 spiro atoms. The van der Waals surface area contributed by atoms with E-state index in [4.69, 9.17) is 19.9 Å². The fourth-order valence-corrected chi connectivity index (χ4v) is 3.28. The van der Waals surface area contributed by atoms with Crippen LogP contribution in [-0.4, -0.2) is 44.9 Å². The van der Waals surface area contributed by atoms with Gasteiger partial charge in [-0.2, -0.15) is 0 Å². The van der Waals surface area contributed by atoms with Crippen molar-refractivity contribution in [2.75, 3.05) is 33.0 Å². The first kappa shape index (κ1) is 18.0. The Kier molecular flexibility index (Phi) is 5.49. The molecule has 138 valence electrons. The van der Waals surface area contributed by atoms with E-state index in [0.717, 1.165) is 29.9 Å². The van der Waals surface area contributed by atoms with Crippen LogP contribution in [0.1, 0.15) is 32.3 Å². The molecule has 25 heavy (non-hydrogen) atoms. The van der Waals surface area contributed by atoms with Gasteiger partial charge >= 0.3 is 0 Å². The number of carbonyl (C=O) groups is 1. The summed E-state index contributed by atoms with van der Waals surface area (Å²) >= 11 is 0. The van der Waals surface area contributed by atoms with Gasteiger partial charge < -0.3 is 25.3 Å². The Morgan fingerprint density at radius 3 is 2.60 bits per heavy atom. The number of hydrogen-bond donors (Lipinski definition) is 2. The van der Waals surface area contributed by atoms with Crippen LogP contribution in [0, 0.1) is 5.92 Å². The van der Waals surface area contributed by atoms with E-state index in [1.54, 1.807) is 0 Å². The van der Waals surface area contributed by atoms with E-state index < -0.39 is 6.04 Å². The van der Waals surface area contributed by atoms with E-state index in [-0.39, 0.29) is 17.2 Å². The quantitative estimate of drug-likeness (QED) is 0.845. The number of rotatable bonds is 5. The summed E-state index contributed by atoms with van der Waals surface area (Å²) in [6.45, 7) is 7.23. The van der Waals surface area contributed by atoms with Crippen LogP contribution in [0.25, 0.3) is 0 Å². The van der Waals surface area contributed by atoms with Crippen molar-refractivity contribution >= 4 is 5.91 Å². The zero-order valence-electron chi connectivity index (χ0n) is 15.0. The highest BCUT2D eigenvalue weighted by molar-refractivity contribution is 5.82. The maximum absolute atomic E-state index is 12.4. The Morgan fingerprint density at radius 2 is 1.88 bits per heavy atom. The van der Waals surface area contributed by atoms with E-state index in [2.05, 4.69) is 19.2 Å². The Labute approximate surface area is 149 Å². The first-order chi connectivity index (χ1) is 12.0. The van der Waals surface area contributed by atoms with E-state index in [1.165, 1.54) is 0 Å². The molecule has 0 radical (unpaired) electrons. The fraction of sp³-hybridized carbons (Fsp3) is 0.632. The van der Waals surface area contributed by atoms with Gasteiger partial charge in [0.25, 0.3) is 0 Å². The van der Waals surface area contributed by atoms with Crippen LogP contribution in [0.5, 0.6) is 11.5 Å². The first-order valence-electron chi connectivity index (χ1n) is 8.98. The summed E-state index contributed by atoms with van der Waals surface area (Å²) in [5, 5.41) is 3.02. The number of nitrogens with two attached hydrogens (primary N) is 1. The maximum Gasteiger partial charge on any atom is 0.237 e. The molecule has 1 saturated heterocycles. The lowest BCUT2D eigenvalue weighted by molar-refractivity contribution is -0.124. The number of amides is 1. The second kappa shape index (κ2) is 7.62. The minimum absolute atomic E-state index is 0.0856. The van der Waals surface area contributed by atoms with E-state index in [1.807, 2.05) is 18.2 Å². The van der Waals surface area contributed by atoms with E-state index >= 15 is 0 Å². The van der Waals surface area contributed by atoms with Gasteiger partial charge in [0.05, 0.1) is 6.04 Å². The monoisotopic (exact) mass is 348 g/mol. The summed E-state index contributed by atoms with van der Waals surface area (Å²) in [6, 6.07) is 5.48. The number of hydrogen-bond acceptors (Lipinski definition) is 5. The summed E-state index contributed by atoms with van der Waals surface area (Å²) in [5.41, 5.74) is 7.01. The van der Waals surface area contributed by atoms with Crippen molar-refractivity contribution in [2.24, 2.45) is 11.7 Å². The molecule has 2 aliphatic heterocycles. The Hall–Kier alpha value is -1.79. The second-order valence-electron chi connectivity index (χ2n) is 7.44. The summed E-state index contributed by atoms with van der Waals surface area (Å²) in [7, 11) is 0. The largest absolute Gasteiger partial charge is 0.486 e. The number of carbonyl (C=O) groups excluding carboxylic acids is 1. The number of ether oxygens (including phenoxy) is 3. The van der Waals surface area contributed by atoms with Crippen molar-refractivity contribution in [3.8, 4) is 11.5 Å². The Morgan fingerprint density at radius 1 is 1.20 bits per heavy atom. The first-order valence-corrected chi connectivity index (χ1v) is 8.98. The predicted octanol–water partition coefficient (Wildman–Crippen LogP) is 1.61. The lowest BCUT2D eigenvalue weighted by Crippen LogP contribution is -2.49. The Bertz CT molecular complexity index is 611. The zero-order chi connectivity index (χ0) is 17.9. The predicted molar refractivity (Wildman–Crippen MR) is 95.0 cm³/mol. The molecular formula is C19H28N2O4. The van der Waals surface area contributed by atoms with Crippen molar-refractivity contribution in [1.29, 1.82) is 0 Å². The topological polar surface area (TPSA) is 82.8 Å². The van der Waals surface area contributed by atoms with E-state index in [0.29, 0.717) is 33.0 Å². The third kappa shape index (κ3) is 4.25. The van der Waals surface area contributed by atoms with Crippen LogP contribution < -0.4 is 20.5 Å². The van der Waals surface area contributed by atoms with Gasteiger partial charge in [0, 0.05) is 25.2 Å². The summed E-state index contributed by atoms with van der Waals surface area (Å²) in [4.78, 5) is 12.4. The maximum atomic E-state index is 12.4. The number of fused-ring (bicyclic) bond motifs is 1. The van der Waals surface area contributed by atoms with Crippen LogP contribution >= 0.6 is 0 Å². The fourth-order valence-electron chi connectivity index (χ4n) is 3.28. The molecular weight excluding hydrogens is 320 g/mol. The minimum Gasteiger partial charge on any atom is -0.486 e. The molecule has 2 heterocycles. The van der Waals surface area contributed by atoms with Crippen LogP contribution in [0.2, 0.25) is 0 Å². The van der Waals surface area contributed by atoms with Gasteiger partial charge in [-0.1, -0.05) is 19.9 Å². The minimum atomic E-state index is -0.472. The number of benzene rings is 1. The van der Waals surface area contributed by atoms with Gasteiger partial charge in [-0.15, -0.1) is 0 Å². The number of nitrogens with one attached hydrogen (secondary N) is 1. The SMILES string of the molecule is CC(C)(CNC(=O)C(N)C1CCOCC1)c1ccc2c(c1)OCCO2. The molecule has 1 fully saturated rings. The molecule has 1 aromatic rings. The van der Waals surface area contributed by atoms with Gasteiger partial charge in [-0.3, -0.25) is 4.79 Å². The van der Waals surface area contributed by atoms with Crippen LogP contribution in [0.15, 0.2) is 18.2 Å². The molecule has 0 saturated carbocycles. The molecule has 0 bridgehead atoms. The van der Waals surface area contributed by atoms with Gasteiger partial charge in [-0.05, 0) is 36.5 Å². The standard InChI is InChI=1S/C19H28N2O4/c1-19(2,14-3-4-15-16(11-14)25-10-9-24-15)12-21-18(22)17(20)13-5-7-23-8-6-13/h3-4,11,13,17H,5-10,12,20H2,1-2H3,(H,21,22). The molecule has 1 atom stereocenters. The van der Waals surface area contributed by atoms with Crippen molar-refractivity contribution in [2.45, 2.75) is 38.1 Å². The molecule has 1 amide bonds. The molecule has 1 aromatic carbocycles. The van der Waals surface area contributed by atoms with Crippen molar-refractivity contribution in [1.82, 2.24) is 5.32 Å². The molecule has 3 N–H and O–H groups in total. The van der Waals surface area contributed by atoms with Crippen LogP contribution in [0.3, 0.4) is 0 Å². The van der Waals surface area contributed by atoms with Crippen LogP contribution in [0.4, 0.5) is 0 Å². The summed E-state index contributed by atoms with van der Waals surface area (Å²) in [5.74, 6) is 1.65. The Balaban J connectivity index is 1.60. The molecule has 6 heteroatoms. The molecule has 2 aliphatic rings. The summed E-state index contributed by atoms with van der Waals surface area (Å²) < 4.78 is 16.6. The molecule has 0 aliphatic carbocycles. The van der Waals surface area contributed by atoms with Gasteiger partial charge in [0.15, 0.2) is 11.5 Å². The zero-order valence-corrected chi connectivity index (χ0v) is 15.0. The molecule has 1 unspecified atom stereocenters. The van der Waals surface area contributed by atoms with Gasteiger partial charge in [-0.25, -0.2) is 0 Å². The second-order valence-corrected chi connectivity index (χ2v) is 7.44. The smallest absolute Gasteiger partial charge is 0.237 e. The third-order valence-corrected chi connectivity index (χ3v) is 5.10. The highest BCUT2D eigenvalue weighted by Crippen LogP contribution is 2.35. The lowest BCUT2D eigenvalue weighted by atomic mass is 9.84. The molecule has 0 aromatic heterocycles. The van der Waals surface area contributed by atoms with Crippen molar-refractivity contribution in [3.63, 3.8) is 0 Å². The average Bonchev–Trinajstić information content (AvgIpc) is 2.66. The highest BCUT2D eigenvalue weighted by Gasteiger charge is 2.29. The molecule has 3 rings (SSSR count). The van der Waals surface area contributed by atoms with Crippen molar-refractivity contribution in [3.05, 3.63) is 23.8 Å². The average molecular weight is 348 g/mol. The normalized spacial score (nSPS) is 19.3. The van der Waals surface area contributed by atoms with Crippen molar-refractivity contribution < 1.29 is 19.0 Å². The van der Waals surface area contributed by atoms with E-state index in [9.17, 15) is 4.79 Å². The third-order valence-electron chi connectivity index (χ3n) is 5.10.